The Morgan fingerprint density at radius 2 is 1.82 bits per heavy atom. The molecule has 3 aromatic carbocycles. The number of nitrogens with zero attached hydrogens (tertiary/aromatic N) is 1. The summed E-state index contributed by atoms with van der Waals surface area (Å²) in [7, 11) is 0. The van der Waals surface area contributed by atoms with Crippen LogP contribution in [0.1, 0.15) is 29.2 Å². The number of aryl methyl sites for hydroxylation is 2. The second-order valence-corrected chi connectivity index (χ2v) is 8.31. The van der Waals surface area contributed by atoms with Crippen molar-refractivity contribution in [1.29, 1.82) is 5.26 Å². The molecular formula is C27H25BrN2O3. The van der Waals surface area contributed by atoms with Crippen LogP contribution in [0.4, 0.5) is 5.69 Å². The number of amides is 1. The molecule has 3 aromatic rings. The average molecular weight is 505 g/mol. The van der Waals surface area contributed by atoms with Crippen molar-refractivity contribution >= 4 is 33.6 Å². The Hall–Kier alpha value is -3.56. The fourth-order valence-electron chi connectivity index (χ4n) is 3.16. The molecule has 1 N–H and O–H groups in total. The number of nitriles is 1. The average Bonchev–Trinajstić information content (AvgIpc) is 2.80. The van der Waals surface area contributed by atoms with E-state index in [-0.39, 0.29) is 5.57 Å². The van der Waals surface area contributed by atoms with Crippen LogP contribution >= 0.6 is 15.9 Å². The van der Waals surface area contributed by atoms with Gasteiger partial charge in [-0.05, 0) is 89.3 Å². The molecular weight excluding hydrogens is 480 g/mol. The van der Waals surface area contributed by atoms with E-state index in [0.717, 1.165) is 5.56 Å². The molecule has 0 atom stereocenters. The molecule has 33 heavy (non-hydrogen) atoms. The molecule has 168 valence electrons. The molecule has 0 radical (unpaired) electrons. The monoisotopic (exact) mass is 504 g/mol. The van der Waals surface area contributed by atoms with Gasteiger partial charge in [-0.3, -0.25) is 4.79 Å². The smallest absolute Gasteiger partial charge is 0.266 e. The Morgan fingerprint density at radius 3 is 2.48 bits per heavy atom. The van der Waals surface area contributed by atoms with Crippen LogP contribution in [0, 0.1) is 25.2 Å². The summed E-state index contributed by atoms with van der Waals surface area (Å²) in [5.41, 5.74) is 4.74. The quantitative estimate of drug-likeness (QED) is 0.277. The van der Waals surface area contributed by atoms with Gasteiger partial charge < -0.3 is 14.8 Å². The standard InChI is InChI=1S/C27H25BrN2O3/c1-4-32-25-15-21(13-22(16-29)27(31)30-23-8-6-5-7-9-23)14-24(28)26(25)33-17-20-11-10-18(2)19(3)12-20/h5-15H,4,17H2,1-3H3,(H,30,31)/b22-13+. The number of nitrogens with one attached hydrogen (secondary N) is 1. The summed E-state index contributed by atoms with van der Waals surface area (Å²) in [6.45, 7) is 6.86. The first kappa shape index (κ1) is 24.1. The molecule has 0 fully saturated rings. The Balaban J connectivity index is 1.84. The van der Waals surface area contributed by atoms with Crippen molar-refractivity contribution in [3.63, 3.8) is 0 Å². The van der Waals surface area contributed by atoms with Crippen LogP contribution in [-0.4, -0.2) is 12.5 Å². The summed E-state index contributed by atoms with van der Waals surface area (Å²) < 4.78 is 12.5. The van der Waals surface area contributed by atoms with E-state index >= 15 is 0 Å². The molecule has 3 rings (SSSR count). The minimum atomic E-state index is -0.479. The zero-order chi connectivity index (χ0) is 23.8. The van der Waals surface area contributed by atoms with Crippen LogP contribution in [0.3, 0.4) is 0 Å². The van der Waals surface area contributed by atoms with Crippen LogP contribution in [0.5, 0.6) is 11.5 Å². The predicted molar refractivity (Wildman–Crippen MR) is 134 cm³/mol. The summed E-state index contributed by atoms with van der Waals surface area (Å²) in [6, 6.07) is 20.8. The van der Waals surface area contributed by atoms with Gasteiger partial charge in [-0.15, -0.1) is 0 Å². The van der Waals surface area contributed by atoms with Crippen molar-refractivity contribution in [2.45, 2.75) is 27.4 Å². The Morgan fingerprint density at radius 1 is 1.06 bits per heavy atom. The number of benzene rings is 3. The maximum Gasteiger partial charge on any atom is 0.266 e. The molecule has 0 heterocycles. The van der Waals surface area contributed by atoms with E-state index in [1.807, 2.05) is 37.3 Å². The third kappa shape index (κ3) is 6.47. The molecule has 0 aliphatic rings. The van der Waals surface area contributed by atoms with E-state index in [2.05, 4.69) is 47.2 Å². The van der Waals surface area contributed by atoms with E-state index in [1.54, 1.807) is 24.3 Å². The summed E-state index contributed by atoms with van der Waals surface area (Å²) in [5.74, 6) is 0.620. The highest BCUT2D eigenvalue weighted by molar-refractivity contribution is 9.10. The van der Waals surface area contributed by atoms with Crippen molar-refractivity contribution in [2.75, 3.05) is 11.9 Å². The lowest BCUT2D eigenvalue weighted by atomic mass is 10.1. The van der Waals surface area contributed by atoms with Crippen molar-refractivity contribution in [3.05, 3.63) is 93.0 Å². The number of para-hydroxylation sites is 1. The molecule has 0 saturated carbocycles. The fraction of sp³-hybridized carbons (Fsp3) is 0.185. The highest BCUT2D eigenvalue weighted by Crippen LogP contribution is 2.38. The van der Waals surface area contributed by atoms with Crippen LogP contribution < -0.4 is 14.8 Å². The number of carbonyl (C=O) groups is 1. The first-order valence-electron chi connectivity index (χ1n) is 10.5. The van der Waals surface area contributed by atoms with Gasteiger partial charge in [0.15, 0.2) is 11.5 Å². The maximum atomic E-state index is 12.6. The molecule has 0 bridgehead atoms. The van der Waals surface area contributed by atoms with Gasteiger partial charge in [0.2, 0.25) is 0 Å². The minimum absolute atomic E-state index is 0.0167. The predicted octanol–water partition coefficient (Wildman–Crippen LogP) is 6.59. The van der Waals surface area contributed by atoms with E-state index in [0.29, 0.717) is 40.4 Å². The van der Waals surface area contributed by atoms with Gasteiger partial charge in [0, 0.05) is 5.69 Å². The van der Waals surface area contributed by atoms with E-state index in [1.165, 1.54) is 17.2 Å². The fourth-order valence-corrected chi connectivity index (χ4v) is 3.73. The van der Waals surface area contributed by atoms with Gasteiger partial charge in [0.25, 0.3) is 5.91 Å². The van der Waals surface area contributed by atoms with Crippen LogP contribution in [0.15, 0.2) is 70.7 Å². The summed E-state index contributed by atoms with van der Waals surface area (Å²) in [5, 5.41) is 12.3. The van der Waals surface area contributed by atoms with Gasteiger partial charge in [-0.2, -0.15) is 5.26 Å². The summed E-state index contributed by atoms with van der Waals surface area (Å²) in [4.78, 5) is 12.6. The Kier molecular flexibility index (Phi) is 8.28. The van der Waals surface area contributed by atoms with Crippen molar-refractivity contribution < 1.29 is 14.3 Å². The van der Waals surface area contributed by atoms with Crippen molar-refractivity contribution in [3.8, 4) is 17.6 Å². The largest absolute Gasteiger partial charge is 0.490 e. The van der Waals surface area contributed by atoms with Gasteiger partial charge >= 0.3 is 0 Å². The third-order valence-corrected chi connectivity index (χ3v) is 5.58. The normalized spacial score (nSPS) is 10.9. The highest BCUT2D eigenvalue weighted by atomic mass is 79.9. The number of ether oxygens (including phenoxy) is 2. The SMILES string of the molecule is CCOc1cc(/C=C(\C#N)C(=O)Nc2ccccc2)cc(Br)c1OCc1ccc(C)c(C)c1. The highest BCUT2D eigenvalue weighted by Gasteiger charge is 2.15. The zero-order valence-electron chi connectivity index (χ0n) is 18.8. The van der Waals surface area contributed by atoms with Crippen LogP contribution in [-0.2, 0) is 11.4 Å². The molecule has 0 aliphatic heterocycles. The molecule has 0 saturated heterocycles. The number of hydrogen-bond donors (Lipinski definition) is 1. The lowest BCUT2D eigenvalue weighted by molar-refractivity contribution is -0.112. The molecule has 0 aromatic heterocycles. The molecule has 5 nitrogen and oxygen atoms in total. The molecule has 6 heteroatoms. The number of carbonyl (C=O) groups excluding carboxylic acids is 1. The van der Waals surface area contributed by atoms with E-state index in [4.69, 9.17) is 9.47 Å². The van der Waals surface area contributed by atoms with Crippen LogP contribution in [0.25, 0.3) is 6.08 Å². The lowest BCUT2D eigenvalue weighted by Crippen LogP contribution is -2.13. The number of halogens is 1. The van der Waals surface area contributed by atoms with E-state index < -0.39 is 5.91 Å². The summed E-state index contributed by atoms with van der Waals surface area (Å²) >= 11 is 3.55. The van der Waals surface area contributed by atoms with Gasteiger partial charge in [-0.1, -0.05) is 36.4 Å². The first-order valence-corrected chi connectivity index (χ1v) is 11.3. The lowest BCUT2D eigenvalue weighted by Gasteiger charge is -2.15. The second kappa shape index (κ2) is 11.3. The number of anilines is 1. The zero-order valence-corrected chi connectivity index (χ0v) is 20.4. The Labute approximate surface area is 202 Å². The van der Waals surface area contributed by atoms with Crippen molar-refractivity contribution in [2.24, 2.45) is 0 Å². The summed E-state index contributed by atoms with van der Waals surface area (Å²) in [6.07, 6.45) is 1.53. The second-order valence-electron chi connectivity index (χ2n) is 7.46. The van der Waals surface area contributed by atoms with Crippen molar-refractivity contribution in [1.82, 2.24) is 0 Å². The maximum absolute atomic E-state index is 12.6. The number of hydrogen-bond acceptors (Lipinski definition) is 4. The number of rotatable bonds is 8. The molecule has 0 unspecified atom stereocenters. The van der Waals surface area contributed by atoms with Crippen LogP contribution in [0.2, 0.25) is 0 Å². The van der Waals surface area contributed by atoms with Gasteiger partial charge in [-0.25, -0.2) is 0 Å². The molecule has 0 spiro atoms. The molecule has 0 aliphatic carbocycles. The van der Waals surface area contributed by atoms with Gasteiger partial charge in [0.1, 0.15) is 18.2 Å². The molecule has 1 amide bonds. The van der Waals surface area contributed by atoms with E-state index in [9.17, 15) is 10.1 Å². The minimum Gasteiger partial charge on any atom is -0.490 e. The third-order valence-electron chi connectivity index (χ3n) is 4.99. The first-order chi connectivity index (χ1) is 15.9. The Bertz CT molecular complexity index is 1210. The van der Waals surface area contributed by atoms with Gasteiger partial charge in [0.05, 0.1) is 11.1 Å². The topological polar surface area (TPSA) is 71.3 Å².